The van der Waals surface area contributed by atoms with Gasteiger partial charge in [0, 0.05) is 23.2 Å². The van der Waals surface area contributed by atoms with Gasteiger partial charge < -0.3 is 20.8 Å². The van der Waals surface area contributed by atoms with Crippen LogP contribution in [0.1, 0.15) is 54.7 Å². The zero-order valence-electron chi connectivity index (χ0n) is 19.2. The fraction of sp³-hybridized carbons (Fsp3) is 0.308. The molecule has 1 aliphatic heterocycles. The van der Waals surface area contributed by atoms with Gasteiger partial charge in [0.05, 0.1) is 24.2 Å². The first kappa shape index (κ1) is 21.7. The number of nitrogens with zero attached hydrogens (tertiary/aromatic N) is 1. The number of aliphatic imine (C=N–C) groups is 1. The summed E-state index contributed by atoms with van der Waals surface area (Å²) in [4.78, 5) is 20.0. The van der Waals surface area contributed by atoms with Crippen LogP contribution < -0.4 is 11.1 Å². The number of hydrogen-bond donors (Lipinski definition) is 3. The molecule has 2 heterocycles. The number of hydrogen-bond acceptors (Lipinski definition) is 5. The molecule has 0 radical (unpaired) electrons. The van der Waals surface area contributed by atoms with E-state index in [1.807, 2.05) is 25.4 Å². The molecule has 0 spiro atoms. The van der Waals surface area contributed by atoms with Gasteiger partial charge in [0.15, 0.2) is 5.96 Å². The number of nitrogens with two attached hydrogens (primary N) is 1. The van der Waals surface area contributed by atoms with E-state index in [1.165, 1.54) is 12.7 Å². The third kappa shape index (κ3) is 3.45. The van der Waals surface area contributed by atoms with Crippen molar-refractivity contribution in [3.8, 4) is 0 Å². The summed E-state index contributed by atoms with van der Waals surface area (Å²) in [6, 6.07) is 14.4. The Kier molecular flexibility index (Phi) is 5.55. The number of carbonyl (C=O) groups is 1. The van der Waals surface area contributed by atoms with Gasteiger partial charge in [-0.25, -0.2) is 9.79 Å². The Labute approximate surface area is 188 Å². The van der Waals surface area contributed by atoms with Crippen LogP contribution in [0, 0.1) is 5.92 Å². The van der Waals surface area contributed by atoms with Crippen molar-refractivity contribution in [2.75, 3.05) is 7.11 Å². The van der Waals surface area contributed by atoms with Crippen molar-refractivity contribution in [3.63, 3.8) is 0 Å². The third-order valence-corrected chi connectivity index (χ3v) is 6.81. The maximum atomic E-state index is 12.3. The minimum atomic E-state index is -0.341. The third-order valence-electron chi connectivity index (χ3n) is 6.81. The second-order valence-corrected chi connectivity index (χ2v) is 8.79. The number of H-pyrrole nitrogens is 1. The number of aromatic nitrogens is 1. The van der Waals surface area contributed by atoms with Crippen LogP contribution in [0.3, 0.4) is 0 Å². The standard InChI is InChI=1S/C26H30N4O2/c1-15(2)26(4,22-14-28-23-19(22)7-6-8-20(23)24(31)32-5)18-11-9-17(10-12-18)21-13-29-25(27)30-16(21)3/h6-16,28H,1-5H3,(H3,27,29,30). The lowest BCUT2D eigenvalue weighted by Crippen LogP contribution is -2.33. The van der Waals surface area contributed by atoms with Crippen LogP contribution in [0.15, 0.2) is 59.9 Å². The Morgan fingerprint density at radius 2 is 1.91 bits per heavy atom. The Morgan fingerprint density at radius 1 is 1.19 bits per heavy atom. The molecule has 2 aromatic carbocycles. The summed E-state index contributed by atoms with van der Waals surface area (Å²) in [7, 11) is 1.41. The van der Waals surface area contributed by atoms with E-state index < -0.39 is 0 Å². The first-order valence-corrected chi connectivity index (χ1v) is 10.9. The fourth-order valence-corrected chi connectivity index (χ4v) is 4.59. The van der Waals surface area contributed by atoms with Crippen LogP contribution in [0.2, 0.25) is 0 Å². The summed E-state index contributed by atoms with van der Waals surface area (Å²) in [5, 5.41) is 4.04. The molecular formula is C26H30N4O2. The van der Waals surface area contributed by atoms with Crippen LogP contribution >= 0.6 is 0 Å². The maximum Gasteiger partial charge on any atom is 0.339 e. The molecule has 0 saturated carbocycles. The number of ether oxygens (including phenoxy) is 1. The molecule has 4 rings (SSSR count). The molecule has 166 valence electrons. The average Bonchev–Trinajstić information content (AvgIpc) is 3.23. The van der Waals surface area contributed by atoms with Crippen molar-refractivity contribution in [3.05, 3.63) is 77.1 Å². The minimum absolute atomic E-state index is 0.00365. The molecule has 0 aliphatic carbocycles. The number of esters is 1. The summed E-state index contributed by atoms with van der Waals surface area (Å²) in [6.07, 6.45) is 3.95. The van der Waals surface area contributed by atoms with Crippen LogP contribution in [0.4, 0.5) is 0 Å². The van der Waals surface area contributed by atoms with E-state index >= 15 is 0 Å². The Balaban J connectivity index is 1.78. The van der Waals surface area contributed by atoms with E-state index in [1.54, 1.807) is 6.07 Å². The number of para-hydroxylation sites is 1. The van der Waals surface area contributed by atoms with Crippen LogP contribution in [0.25, 0.3) is 16.5 Å². The molecular weight excluding hydrogens is 400 g/mol. The van der Waals surface area contributed by atoms with Gasteiger partial charge in [0.2, 0.25) is 0 Å². The van der Waals surface area contributed by atoms with E-state index in [2.05, 4.69) is 66.4 Å². The first-order chi connectivity index (χ1) is 15.3. The second kappa shape index (κ2) is 8.19. The molecule has 4 N–H and O–H groups in total. The van der Waals surface area contributed by atoms with Gasteiger partial charge in [-0.2, -0.15) is 0 Å². The Hall–Kier alpha value is -3.54. The lowest BCUT2D eigenvalue weighted by Gasteiger charge is -2.35. The molecule has 1 aliphatic rings. The largest absolute Gasteiger partial charge is 0.465 e. The SMILES string of the molecule is COC(=O)c1cccc2c(C(C)(c3ccc(C4=CNC(N)=NC4C)cc3)C(C)C)c[nH]c12. The Bertz CT molecular complexity index is 1220. The predicted octanol–water partition coefficient (Wildman–Crippen LogP) is 4.56. The zero-order chi connectivity index (χ0) is 23.0. The number of benzene rings is 2. The van der Waals surface area contributed by atoms with Crippen molar-refractivity contribution >= 4 is 28.4 Å². The van der Waals surface area contributed by atoms with Crippen LogP contribution in [-0.4, -0.2) is 30.1 Å². The highest BCUT2D eigenvalue weighted by Gasteiger charge is 2.35. The molecule has 6 nitrogen and oxygen atoms in total. The van der Waals surface area contributed by atoms with Gasteiger partial charge in [-0.3, -0.25) is 0 Å². The average molecular weight is 431 g/mol. The summed E-state index contributed by atoms with van der Waals surface area (Å²) < 4.78 is 4.97. The van der Waals surface area contributed by atoms with E-state index in [9.17, 15) is 4.79 Å². The maximum absolute atomic E-state index is 12.3. The number of methoxy groups -OCH3 is 1. The molecule has 0 amide bonds. The van der Waals surface area contributed by atoms with Gasteiger partial charge in [-0.1, -0.05) is 57.2 Å². The monoisotopic (exact) mass is 430 g/mol. The summed E-state index contributed by atoms with van der Waals surface area (Å²) in [5.41, 5.74) is 11.4. The molecule has 6 heteroatoms. The highest BCUT2D eigenvalue weighted by molar-refractivity contribution is 6.04. The van der Waals surface area contributed by atoms with Crippen LogP contribution in [-0.2, 0) is 10.2 Å². The van der Waals surface area contributed by atoms with Gasteiger partial charge in [-0.05, 0) is 41.2 Å². The fourth-order valence-electron chi connectivity index (χ4n) is 4.59. The molecule has 2 atom stereocenters. The second-order valence-electron chi connectivity index (χ2n) is 8.79. The molecule has 3 aromatic rings. The van der Waals surface area contributed by atoms with E-state index in [0.717, 1.165) is 27.6 Å². The smallest absolute Gasteiger partial charge is 0.339 e. The molecule has 0 saturated heterocycles. The zero-order valence-corrected chi connectivity index (χ0v) is 19.2. The lowest BCUT2D eigenvalue weighted by molar-refractivity contribution is 0.0603. The normalized spacial score (nSPS) is 18.0. The van der Waals surface area contributed by atoms with Crippen LogP contribution in [0.5, 0.6) is 0 Å². The minimum Gasteiger partial charge on any atom is -0.465 e. The van der Waals surface area contributed by atoms with Gasteiger partial charge in [0.1, 0.15) is 0 Å². The number of rotatable bonds is 5. The first-order valence-electron chi connectivity index (χ1n) is 10.9. The van der Waals surface area contributed by atoms with Crippen molar-refractivity contribution in [1.29, 1.82) is 0 Å². The number of nitrogens with one attached hydrogen (secondary N) is 2. The van der Waals surface area contributed by atoms with Gasteiger partial charge in [0.25, 0.3) is 0 Å². The number of fused-ring (bicyclic) bond motifs is 1. The highest BCUT2D eigenvalue weighted by atomic mass is 16.5. The van der Waals surface area contributed by atoms with E-state index in [-0.39, 0.29) is 17.4 Å². The van der Waals surface area contributed by atoms with Gasteiger partial charge >= 0.3 is 5.97 Å². The van der Waals surface area contributed by atoms with Crippen molar-refractivity contribution in [2.45, 2.75) is 39.2 Å². The number of aromatic amines is 1. The summed E-state index contributed by atoms with van der Waals surface area (Å²) in [5.74, 6) is 0.412. The van der Waals surface area contributed by atoms with Crippen molar-refractivity contribution in [2.24, 2.45) is 16.6 Å². The van der Waals surface area contributed by atoms with E-state index in [4.69, 9.17) is 10.5 Å². The summed E-state index contributed by atoms with van der Waals surface area (Å²) in [6.45, 7) is 8.75. The quantitative estimate of drug-likeness (QED) is 0.517. The Morgan fingerprint density at radius 3 is 2.53 bits per heavy atom. The number of carbonyl (C=O) groups excluding carboxylic acids is 1. The van der Waals surface area contributed by atoms with Crippen molar-refractivity contribution < 1.29 is 9.53 Å². The molecule has 32 heavy (non-hydrogen) atoms. The molecule has 0 bridgehead atoms. The van der Waals surface area contributed by atoms with E-state index in [0.29, 0.717) is 17.4 Å². The number of guanidine groups is 1. The summed E-state index contributed by atoms with van der Waals surface area (Å²) >= 11 is 0. The predicted molar refractivity (Wildman–Crippen MR) is 130 cm³/mol. The highest BCUT2D eigenvalue weighted by Crippen LogP contribution is 2.43. The van der Waals surface area contributed by atoms with Crippen molar-refractivity contribution in [1.82, 2.24) is 10.3 Å². The van der Waals surface area contributed by atoms with Gasteiger partial charge in [-0.15, -0.1) is 0 Å². The lowest BCUT2D eigenvalue weighted by atomic mass is 9.68. The topological polar surface area (TPSA) is 92.5 Å². The molecule has 2 unspecified atom stereocenters. The molecule has 0 fully saturated rings. The molecule has 1 aromatic heterocycles.